The number of halogens is 6. The number of allylic oxidation sites excluding steroid dienone is 1. The molecule has 41 heavy (non-hydrogen) atoms. The van der Waals surface area contributed by atoms with Crippen molar-refractivity contribution < 1.29 is 41.0 Å². The number of aliphatic carboxylic acids is 1. The van der Waals surface area contributed by atoms with Crippen LogP contribution in [0.4, 0.5) is 26.3 Å². The van der Waals surface area contributed by atoms with Crippen LogP contribution in [0, 0.1) is 5.41 Å². The molecule has 0 spiro atoms. The second kappa shape index (κ2) is 10.2. The predicted molar refractivity (Wildman–Crippen MR) is 140 cm³/mol. The lowest BCUT2D eigenvalue weighted by atomic mass is 9.81. The van der Waals surface area contributed by atoms with Gasteiger partial charge in [-0.3, -0.25) is 14.7 Å². The van der Waals surface area contributed by atoms with Crippen LogP contribution in [0.5, 0.6) is 0 Å². The Kier molecular flexibility index (Phi) is 7.16. The number of benzene rings is 2. The summed E-state index contributed by atoms with van der Waals surface area (Å²) in [6.07, 6.45) is -8.44. The number of nitrogens with zero attached hydrogens (tertiary/aromatic N) is 3. The maximum atomic E-state index is 14.0. The van der Waals surface area contributed by atoms with Crippen LogP contribution in [-0.4, -0.2) is 50.3 Å². The summed E-state index contributed by atoms with van der Waals surface area (Å²) >= 11 is 0.958. The Balaban J connectivity index is 1.55. The van der Waals surface area contributed by atoms with Gasteiger partial charge in [-0.15, -0.1) is 0 Å². The first kappa shape index (κ1) is 28.7. The normalized spacial score (nSPS) is 19.0. The number of hydrogen-bond donors (Lipinski definition) is 2. The number of carboxylic acids is 1. The molecule has 216 valence electrons. The lowest BCUT2D eigenvalue weighted by Crippen LogP contribution is -2.44. The molecule has 0 unspecified atom stereocenters. The van der Waals surface area contributed by atoms with E-state index in [4.69, 9.17) is 0 Å². The number of aliphatic imine (C=N–C) groups is 1. The third-order valence-electron chi connectivity index (χ3n) is 7.41. The molecule has 5 rings (SSSR count). The Hall–Kier alpha value is -3.81. The summed E-state index contributed by atoms with van der Waals surface area (Å²) in [6, 6.07) is 6.31. The highest BCUT2D eigenvalue weighted by Gasteiger charge is 2.41. The maximum Gasteiger partial charge on any atom is 0.416 e. The van der Waals surface area contributed by atoms with E-state index in [0.717, 1.165) is 17.8 Å². The number of alkyl halides is 6. The van der Waals surface area contributed by atoms with Crippen molar-refractivity contribution in [2.24, 2.45) is 10.4 Å². The van der Waals surface area contributed by atoms with Crippen LogP contribution < -0.4 is 0 Å². The minimum atomic E-state index is -5.08. The average molecular weight is 597 g/mol. The average Bonchev–Trinajstić information content (AvgIpc) is 3.52. The molecular formula is C27H22F6N4O3S. The smallest absolute Gasteiger partial charge is 0.416 e. The predicted octanol–water partition coefficient (Wildman–Crippen LogP) is 6.37. The summed E-state index contributed by atoms with van der Waals surface area (Å²) in [7, 11) is 0. The van der Waals surface area contributed by atoms with Crippen molar-refractivity contribution in [2.45, 2.75) is 38.5 Å². The highest BCUT2D eigenvalue weighted by atomic mass is 32.2. The number of fused-ring (bicyclic) bond motifs is 1. The number of carbonyl (C=O) groups excluding carboxylic acids is 1. The molecule has 0 radical (unpaired) electrons. The molecule has 3 heterocycles. The van der Waals surface area contributed by atoms with E-state index in [2.05, 4.69) is 15.2 Å². The third kappa shape index (κ3) is 5.69. The maximum absolute atomic E-state index is 14.0. The third-order valence-corrected chi connectivity index (χ3v) is 8.57. The van der Waals surface area contributed by atoms with Gasteiger partial charge >= 0.3 is 18.3 Å². The largest absolute Gasteiger partial charge is 0.481 e. The summed E-state index contributed by atoms with van der Waals surface area (Å²) < 4.78 is 81.7. The molecule has 2 aliphatic heterocycles. The minimum Gasteiger partial charge on any atom is -0.481 e. The number of amides is 1. The fourth-order valence-electron chi connectivity index (χ4n) is 4.83. The number of H-pyrrole nitrogens is 1. The van der Waals surface area contributed by atoms with Gasteiger partial charge in [0.25, 0.3) is 5.91 Å². The van der Waals surface area contributed by atoms with Crippen molar-refractivity contribution in [3.8, 4) is 0 Å². The standard InChI is InChI=1S/C27H22F6N4O3S/c1-25(23(39)40)6-8-37(9-7-25)24-35-22(38)21(41-24)18(14-3-5-20-16(10-14)13-34-36-20)11-15-2-4-17(26(28,29)30)12-19(15)27(31,32)33/h2-5,10,12-13H,6-9,11H2,1H3,(H,34,36)(H,39,40). The number of carboxylic acid groups (broad SMARTS) is 1. The zero-order valence-electron chi connectivity index (χ0n) is 21.4. The van der Waals surface area contributed by atoms with E-state index in [1.807, 2.05) is 0 Å². The number of rotatable bonds is 4. The lowest BCUT2D eigenvalue weighted by molar-refractivity contribution is -0.150. The first-order chi connectivity index (χ1) is 19.2. The number of amidine groups is 1. The minimum absolute atomic E-state index is 0.0439. The van der Waals surface area contributed by atoms with Crippen molar-refractivity contribution in [3.05, 3.63) is 69.8 Å². The second-order valence-electron chi connectivity index (χ2n) is 10.2. The van der Waals surface area contributed by atoms with E-state index in [1.54, 1.807) is 30.0 Å². The van der Waals surface area contributed by atoms with Crippen LogP contribution in [0.2, 0.25) is 0 Å². The molecule has 2 N–H and O–H groups in total. The molecule has 0 bridgehead atoms. The molecule has 0 saturated carbocycles. The fourth-order valence-corrected chi connectivity index (χ4v) is 5.90. The van der Waals surface area contributed by atoms with Gasteiger partial charge < -0.3 is 10.0 Å². The van der Waals surface area contributed by atoms with Crippen LogP contribution >= 0.6 is 11.8 Å². The summed E-state index contributed by atoms with van der Waals surface area (Å²) in [5, 5.41) is 17.1. The quantitative estimate of drug-likeness (QED) is 0.268. The van der Waals surface area contributed by atoms with Crippen molar-refractivity contribution in [2.75, 3.05) is 13.1 Å². The Morgan fingerprint density at radius 2 is 1.78 bits per heavy atom. The zero-order valence-corrected chi connectivity index (χ0v) is 22.2. The van der Waals surface area contributed by atoms with E-state index in [1.165, 1.54) is 6.20 Å². The summed E-state index contributed by atoms with van der Waals surface area (Å²) in [4.78, 5) is 30.7. The molecule has 7 nitrogen and oxygen atoms in total. The monoisotopic (exact) mass is 596 g/mol. The Bertz CT molecular complexity index is 1600. The number of piperidine rings is 1. The first-order valence-electron chi connectivity index (χ1n) is 12.4. The van der Waals surface area contributed by atoms with E-state index >= 15 is 0 Å². The van der Waals surface area contributed by atoms with E-state index in [0.29, 0.717) is 53.6 Å². The van der Waals surface area contributed by atoms with Crippen LogP contribution in [-0.2, 0) is 28.4 Å². The number of aromatic amines is 1. The molecule has 3 aromatic rings. The van der Waals surface area contributed by atoms with Crippen LogP contribution in [0.1, 0.15) is 42.0 Å². The van der Waals surface area contributed by atoms with Gasteiger partial charge in [0.2, 0.25) is 0 Å². The SMILES string of the molecule is CC1(C(=O)O)CCN(C2=NC(=O)C(=C(Cc3ccc(C(F)(F)F)cc3C(F)(F)F)c3ccc4[nH]ncc4c3)S2)CC1. The van der Waals surface area contributed by atoms with Crippen molar-refractivity contribution >= 4 is 45.3 Å². The summed E-state index contributed by atoms with van der Waals surface area (Å²) in [5.74, 6) is -1.62. The van der Waals surface area contributed by atoms with Crippen molar-refractivity contribution in [3.63, 3.8) is 0 Å². The molecule has 1 amide bonds. The number of carbonyl (C=O) groups is 2. The number of nitrogens with one attached hydrogen (secondary N) is 1. The number of aromatic nitrogens is 2. The molecule has 14 heteroatoms. The van der Waals surface area contributed by atoms with Crippen LogP contribution in [0.3, 0.4) is 0 Å². The van der Waals surface area contributed by atoms with Crippen LogP contribution in [0.25, 0.3) is 16.5 Å². The highest BCUT2D eigenvalue weighted by molar-refractivity contribution is 8.18. The zero-order chi connectivity index (χ0) is 29.7. The molecule has 0 atom stereocenters. The van der Waals surface area contributed by atoms with Gasteiger partial charge in [0.15, 0.2) is 5.17 Å². The first-order valence-corrected chi connectivity index (χ1v) is 13.2. The molecule has 1 aromatic heterocycles. The van der Waals surface area contributed by atoms with E-state index in [9.17, 15) is 41.0 Å². The molecule has 0 aliphatic carbocycles. The van der Waals surface area contributed by atoms with Gasteiger partial charge in [-0.2, -0.15) is 36.4 Å². The molecule has 2 aliphatic rings. The van der Waals surface area contributed by atoms with E-state index < -0.39 is 52.8 Å². The van der Waals surface area contributed by atoms with Gasteiger partial charge in [-0.25, -0.2) is 0 Å². The van der Waals surface area contributed by atoms with Crippen molar-refractivity contribution in [1.29, 1.82) is 0 Å². The number of thioether (sulfide) groups is 1. The Morgan fingerprint density at radius 3 is 2.41 bits per heavy atom. The molecular weight excluding hydrogens is 574 g/mol. The topological polar surface area (TPSA) is 98.6 Å². The van der Waals surface area contributed by atoms with Gasteiger partial charge in [-0.1, -0.05) is 12.1 Å². The summed E-state index contributed by atoms with van der Waals surface area (Å²) in [5.41, 5.74) is -3.05. The lowest BCUT2D eigenvalue weighted by Gasteiger charge is -2.36. The second-order valence-corrected chi connectivity index (χ2v) is 11.2. The van der Waals surface area contributed by atoms with Gasteiger partial charge in [0, 0.05) is 18.5 Å². The molecule has 1 saturated heterocycles. The van der Waals surface area contributed by atoms with Gasteiger partial charge in [0.1, 0.15) is 0 Å². The van der Waals surface area contributed by atoms with Crippen molar-refractivity contribution in [1.82, 2.24) is 15.1 Å². The molecule has 1 fully saturated rings. The molecule has 2 aromatic carbocycles. The Labute approximate surface area is 233 Å². The number of hydrogen-bond acceptors (Lipinski definition) is 5. The fraction of sp³-hybridized carbons (Fsp3) is 0.333. The van der Waals surface area contributed by atoms with Gasteiger partial charge in [0.05, 0.1) is 33.2 Å². The summed E-state index contributed by atoms with van der Waals surface area (Å²) in [6.45, 7) is 2.25. The van der Waals surface area contributed by atoms with Crippen LogP contribution in [0.15, 0.2) is 52.5 Å². The highest BCUT2D eigenvalue weighted by Crippen LogP contribution is 2.43. The van der Waals surface area contributed by atoms with Gasteiger partial charge in [-0.05, 0) is 78.9 Å². The van der Waals surface area contributed by atoms with E-state index in [-0.39, 0.29) is 16.5 Å². The Morgan fingerprint density at radius 1 is 1.07 bits per heavy atom. The number of likely N-dealkylation sites (tertiary alicyclic amines) is 1.